The first kappa shape index (κ1) is 17.9. The summed E-state index contributed by atoms with van der Waals surface area (Å²) in [6.45, 7) is 9.28. The van der Waals surface area contributed by atoms with Gasteiger partial charge in [-0.2, -0.15) is 4.98 Å². The van der Waals surface area contributed by atoms with Crippen molar-refractivity contribution in [1.29, 1.82) is 0 Å². The summed E-state index contributed by atoms with van der Waals surface area (Å²) < 4.78 is 0. The molecule has 0 aliphatic heterocycles. The molecule has 1 N–H and O–H groups in total. The third-order valence-corrected chi connectivity index (χ3v) is 4.23. The van der Waals surface area contributed by atoms with E-state index in [0.717, 1.165) is 23.7 Å². The summed E-state index contributed by atoms with van der Waals surface area (Å²) in [7, 11) is 0. The van der Waals surface area contributed by atoms with Gasteiger partial charge >= 0.3 is 0 Å². The van der Waals surface area contributed by atoms with Crippen molar-refractivity contribution < 1.29 is 0 Å². The molecule has 0 amide bonds. The van der Waals surface area contributed by atoms with Gasteiger partial charge in [-0.15, -0.1) is 0 Å². The lowest BCUT2D eigenvalue weighted by molar-refractivity contribution is 0.671. The highest BCUT2D eigenvalue weighted by molar-refractivity contribution is 5.56. The Hall–Kier alpha value is -2.88. The summed E-state index contributed by atoms with van der Waals surface area (Å²) in [5, 5.41) is 3.33. The van der Waals surface area contributed by atoms with E-state index >= 15 is 0 Å². The van der Waals surface area contributed by atoms with Crippen molar-refractivity contribution in [3.63, 3.8) is 0 Å². The predicted octanol–water partition coefficient (Wildman–Crippen LogP) is 5.25. The highest BCUT2D eigenvalue weighted by Crippen LogP contribution is 2.22. The zero-order chi connectivity index (χ0) is 18.5. The van der Waals surface area contributed by atoms with E-state index in [9.17, 15) is 0 Å². The molecule has 0 atom stereocenters. The molecule has 0 spiro atoms. The van der Waals surface area contributed by atoms with E-state index in [0.29, 0.717) is 12.0 Å². The fourth-order valence-corrected chi connectivity index (χ4v) is 2.92. The molecule has 4 heteroatoms. The number of benzene rings is 2. The van der Waals surface area contributed by atoms with Gasteiger partial charge in [-0.25, -0.2) is 4.98 Å². The van der Waals surface area contributed by atoms with Crippen LogP contribution in [0.25, 0.3) is 0 Å². The average molecular weight is 346 g/mol. The second kappa shape index (κ2) is 8.00. The minimum Gasteiger partial charge on any atom is -0.350 e. The zero-order valence-corrected chi connectivity index (χ0v) is 15.9. The molecule has 0 saturated carbocycles. The van der Waals surface area contributed by atoms with Gasteiger partial charge in [-0.05, 0) is 51.0 Å². The Morgan fingerprint density at radius 3 is 2.38 bits per heavy atom. The van der Waals surface area contributed by atoms with Crippen LogP contribution in [0.4, 0.5) is 17.5 Å². The quantitative estimate of drug-likeness (QED) is 0.661. The monoisotopic (exact) mass is 346 g/mol. The van der Waals surface area contributed by atoms with Gasteiger partial charge in [-0.1, -0.05) is 42.5 Å². The Bertz CT molecular complexity index is 859. The topological polar surface area (TPSA) is 41.1 Å². The molecule has 0 saturated heterocycles. The lowest BCUT2D eigenvalue weighted by atomic mass is 10.2. The van der Waals surface area contributed by atoms with Crippen LogP contribution in [0.15, 0.2) is 60.7 Å². The Kier molecular flexibility index (Phi) is 5.52. The van der Waals surface area contributed by atoms with Crippen molar-refractivity contribution in [2.45, 2.75) is 40.3 Å². The van der Waals surface area contributed by atoms with Crippen LogP contribution in [0.1, 0.15) is 30.7 Å². The van der Waals surface area contributed by atoms with Gasteiger partial charge in [0.15, 0.2) is 0 Å². The fraction of sp³-hybridized carbons (Fsp3) is 0.273. The first-order valence-electron chi connectivity index (χ1n) is 9.01. The Morgan fingerprint density at radius 2 is 1.69 bits per heavy atom. The minimum atomic E-state index is 0.330. The molecule has 1 aromatic heterocycles. The fourth-order valence-electron chi connectivity index (χ4n) is 2.92. The molecule has 2 aromatic carbocycles. The smallest absolute Gasteiger partial charge is 0.229 e. The summed E-state index contributed by atoms with van der Waals surface area (Å²) in [6.07, 6.45) is 0. The molecular formula is C22H26N4. The predicted molar refractivity (Wildman–Crippen MR) is 109 cm³/mol. The molecule has 0 bridgehead atoms. The van der Waals surface area contributed by atoms with Gasteiger partial charge in [-0.3, -0.25) is 0 Å². The van der Waals surface area contributed by atoms with Gasteiger partial charge in [0, 0.05) is 30.0 Å². The molecule has 134 valence electrons. The van der Waals surface area contributed by atoms with Gasteiger partial charge in [0.2, 0.25) is 5.95 Å². The first-order chi connectivity index (χ1) is 12.5. The van der Waals surface area contributed by atoms with Crippen LogP contribution in [0.2, 0.25) is 0 Å². The molecule has 3 aromatic rings. The van der Waals surface area contributed by atoms with Crippen LogP contribution in [-0.4, -0.2) is 16.0 Å². The Balaban J connectivity index is 1.89. The number of nitrogens with zero attached hydrogens (tertiary/aromatic N) is 3. The summed E-state index contributed by atoms with van der Waals surface area (Å²) in [6, 6.07) is 21.1. The Morgan fingerprint density at radius 1 is 0.923 bits per heavy atom. The molecular weight excluding hydrogens is 320 g/mol. The number of rotatable bonds is 6. The zero-order valence-electron chi connectivity index (χ0n) is 15.9. The second-order valence-corrected chi connectivity index (χ2v) is 6.89. The second-order valence-electron chi connectivity index (χ2n) is 6.89. The van der Waals surface area contributed by atoms with Gasteiger partial charge in [0.1, 0.15) is 5.82 Å². The minimum absolute atomic E-state index is 0.330. The number of nitrogens with one attached hydrogen (secondary N) is 1. The number of aryl methyl sites for hydroxylation is 2. The van der Waals surface area contributed by atoms with Crippen LogP contribution in [0.3, 0.4) is 0 Å². The molecule has 26 heavy (non-hydrogen) atoms. The van der Waals surface area contributed by atoms with Crippen molar-refractivity contribution in [3.05, 3.63) is 77.5 Å². The van der Waals surface area contributed by atoms with Crippen LogP contribution >= 0.6 is 0 Å². The summed E-state index contributed by atoms with van der Waals surface area (Å²) in [5.74, 6) is 1.57. The highest BCUT2D eigenvalue weighted by atomic mass is 15.2. The van der Waals surface area contributed by atoms with Crippen LogP contribution in [0, 0.1) is 13.8 Å². The van der Waals surface area contributed by atoms with Crippen molar-refractivity contribution >= 4 is 17.5 Å². The van der Waals surface area contributed by atoms with Crippen LogP contribution in [0.5, 0.6) is 0 Å². The molecule has 0 aliphatic carbocycles. The van der Waals surface area contributed by atoms with Crippen LogP contribution < -0.4 is 10.2 Å². The third kappa shape index (κ3) is 4.60. The number of hydrogen-bond donors (Lipinski definition) is 1. The maximum atomic E-state index is 4.78. The summed E-state index contributed by atoms with van der Waals surface area (Å²) in [4.78, 5) is 11.6. The van der Waals surface area contributed by atoms with E-state index in [2.05, 4.69) is 72.4 Å². The van der Waals surface area contributed by atoms with Crippen molar-refractivity contribution in [1.82, 2.24) is 9.97 Å². The molecule has 0 radical (unpaired) electrons. The number of anilines is 3. The van der Waals surface area contributed by atoms with Crippen molar-refractivity contribution in [2.75, 3.05) is 10.2 Å². The molecule has 1 heterocycles. The Labute approximate surface area is 155 Å². The van der Waals surface area contributed by atoms with Crippen molar-refractivity contribution in [3.8, 4) is 0 Å². The normalized spacial score (nSPS) is 10.8. The van der Waals surface area contributed by atoms with Crippen LogP contribution in [-0.2, 0) is 6.54 Å². The number of hydrogen-bond acceptors (Lipinski definition) is 4. The SMILES string of the molecule is Cc1cccc(Nc2nc(C)cc(N(Cc3ccccc3)C(C)C)n2)c1. The first-order valence-corrected chi connectivity index (χ1v) is 9.01. The maximum Gasteiger partial charge on any atom is 0.229 e. The van der Waals surface area contributed by atoms with Gasteiger partial charge < -0.3 is 10.2 Å². The number of aromatic nitrogens is 2. The average Bonchev–Trinajstić information content (AvgIpc) is 2.60. The maximum absolute atomic E-state index is 4.78. The van der Waals surface area contributed by atoms with Gasteiger partial charge in [0.05, 0.1) is 0 Å². The lowest BCUT2D eigenvalue weighted by Gasteiger charge is -2.28. The third-order valence-electron chi connectivity index (χ3n) is 4.23. The molecule has 0 fully saturated rings. The summed E-state index contributed by atoms with van der Waals surface area (Å²) >= 11 is 0. The standard InChI is InChI=1S/C22H26N4/c1-16(2)26(15-19-10-6-5-7-11-19)21-14-18(4)23-22(25-21)24-20-12-8-9-17(3)13-20/h5-14,16H,15H2,1-4H3,(H,23,24,25). The molecule has 3 rings (SSSR count). The highest BCUT2D eigenvalue weighted by Gasteiger charge is 2.15. The van der Waals surface area contributed by atoms with E-state index in [4.69, 9.17) is 4.98 Å². The summed E-state index contributed by atoms with van der Waals surface area (Å²) in [5.41, 5.74) is 4.42. The van der Waals surface area contributed by atoms with Crippen molar-refractivity contribution in [2.24, 2.45) is 0 Å². The van der Waals surface area contributed by atoms with E-state index in [1.165, 1.54) is 11.1 Å². The lowest BCUT2D eigenvalue weighted by Crippen LogP contribution is -2.31. The van der Waals surface area contributed by atoms with E-state index in [1.807, 2.05) is 31.2 Å². The van der Waals surface area contributed by atoms with E-state index in [-0.39, 0.29) is 0 Å². The van der Waals surface area contributed by atoms with E-state index < -0.39 is 0 Å². The van der Waals surface area contributed by atoms with Gasteiger partial charge in [0.25, 0.3) is 0 Å². The molecule has 0 unspecified atom stereocenters. The molecule has 4 nitrogen and oxygen atoms in total. The largest absolute Gasteiger partial charge is 0.350 e. The van der Waals surface area contributed by atoms with E-state index in [1.54, 1.807) is 0 Å². The molecule has 0 aliphatic rings.